The van der Waals surface area contributed by atoms with Crippen LogP contribution in [0, 0.1) is 5.92 Å². The molecule has 0 aromatic heterocycles. The van der Waals surface area contributed by atoms with Crippen LogP contribution in [0.15, 0.2) is 18.2 Å². The maximum atomic E-state index is 11.1. The predicted octanol–water partition coefficient (Wildman–Crippen LogP) is 3.37. The molecule has 3 heteroatoms. The Morgan fingerprint density at radius 1 is 1.37 bits per heavy atom. The third kappa shape index (κ3) is 2.60. The highest BCUT2D eigenvalue weighted by molar-refractivity contribution is 5.68. The van der Waals surface area contributed by atoms with Gasteiger partial charge in [-0.25, -0.2) is 0 Å². The van der Waals surface area contributed by atoms with Crippen molar-refractivity contribution in [3.8, 4) is 5.75 Å². The molecule has 1 atom stereocenters. The van der Waals surface area contributed by atoms with Crippen LogP contribution in [0.25, 0.3) is 0 Å². The lowest BCUT2D eigenvalue weighted by Gasteiger charge is -2.34. The molecule has 2 aliphatic rings. The van der Waals surface area contributed by atoms with E-state index in [1.807, 2.05) is 0 Å². The predicted molar refractivity (Wildman–Crippen MR) is 72.6 cm³/mol. The van der Waals surface area contributed by atoms with Gasteiger partial charge in [-0.2, -0.15) is 0 Å². The summed E-state index contributed by atoms with van der Waals surface area (Å²) < 4.78 is 5.70. The largest absolute Gasteiger partial charge is 0.493 e. The molecule has 0 radical (unpaired) electrons. The number of carboxylic acids is 1. The second-order valence-corrected chi connectivity index (χ2v) is 5.71. The molecule has 1 aliphatic heterocycles. The normalized spacial score (nSPS) is 20.0. The summed E-state index contributed by atoms with van der Waals surface area (Å²) in [5, 5.41) is 9.12. The molecule has 1 unspecified atom stereocenters. The Bertz CT molecular complexity index is 477. The number of rotatable bonds is 4. The Morgan fingerprint density at radius 3 is 2.89 bits per heavy atom. The van der Waals surface area contributed by atoms with Crippen molar-refractivity contribution in [1.82, 2.24) is 0 Å². The molecule has 1 aromatic carbocycles. The van der Waals surface area contributed by atoms with Crippen molar-refractivity contribution >= 4 is 5.97 Å². The van der Waals surface area contributed by atoms with Gasteiger partial charge < -0.3 is 9.84 Å². The van der Waals surface area contributed by atoms with Crippen LogP contribution in [0.5, 0.6) is 5.75 Å². The molecule has 3 nitrogen and oxygen atoms in total. The van der Waals surface area contributed by atoms with Crippen LogP contribution in [0.4, 0.5) is 0 Å². The zero-order chi connectivity index (χ0) is 13.2. The van der Waals surface area contributed by atoms with E-state index in [1.165, 1.54) is 12.0 Å². The number of carboxylic acid groups (broad SMARTS) is 1. The number of hydrogen-bond donors (Lipinski definition) is 1. The molecule has 19 heavy (non-hydrogen) atoms. The summed E-state index contributed by atoms with van der Waals surface area (Å²) >= 11 is 0. The van der Waals surface area contributed by atoms with E-state index >= 15 is 0 Å². The van der Waals surface area contributed by atoms with Gasteiger partial charge in [0, 0.05) is 0 Å². The second kappa shape index (κ2) is 5.24. The van der Waals surface area contributed by atoms with Crippen LogP contribution in [0.1, 0.15) is 49.1 Å². The number of ether oxygens (including phenoxy) is 1. The second-order valence-electron chi connectivity index (χ2n) is 5.71. The fourth-order valence-corrected chi connectivity index (χ4v) is 3.17. The van der Waals surface area contributed by atoms with E-state index in [0.717, 1.165) is 43.6 Å². The van der Waals surface area contributed by atoms with Crippen molar-refractivity contribution in [2.45, 2.75) is 44.4 Å². The van der Waals surface area contributed by atoms with Crippen LogP contribution in [-0.2, 0) is 11.2 Å². The van der Waals surface area contributed by atoms with Crippen LogP contribution >= 0.6 is 0 Å². The number of benzene rings is 1. The summed E-state index contributed by atoms with van der Waals surface area (Å²) in [6, 6.07) is 6.32. The number of fused-ring (bicyclic) bond motifs is 1. The van der Waals surface area contributed by atoms with Crippen molar-refractivity contribution in [3.63, 3.8) is 0 Å². The molecule has 1 N–H and O–H groups in total. The quantitative estimate of drug-likeness (QED) is 0.902. The van der Waals surface area contributed by atoms with Gasteiger partial charge in [0.05, 0.1) is 13.0 Å². The van der Waals surface area contributed by atoms with Gasteiger partial charge in [0.1, 0.15) is 5.75 Å². The molecule has 0 spiro atoms. The lowest BCUT2D eigenvalue weighted by Crippen LogP contribution is -2.23. The van der Waals surface area contributed by atoms with E-state index in [1.54, 1.807) is 0 Å². The summed E-state index contributed by atoms with van der Waals surface area (Å²) in [7, 11) is 0. The average Bonchev–Trinajstić information content (AvgIpc) is 2.35. The summed E-state index contributed by atoms with van der Waals surface area (Å²) in [6.45, 7) is 0.781. The molecule has 102 valence electrons. The molecule has 1 aromatic rings. The van der Waals surface area contributed by atoms with Crippen molar-refractivity contribution in [2.75, 3.05) is 6.61 Å². The maximum absolute atomic E-state index is 11.1. The molecule has 0 amide bonds. The first-order valence-electron chi connectivity index (χ1n) is 7.21. The van der Waals surface area contributed by atoms with Crippen molar-refractivity contribution in [1.29, 1.82) is 0 Å². The summed E-state index contributed by atoms with van der Waals surface area (Å²) in [5.41, 5.74) is 2.41. The van der Waals surface area contributed by atoms with Gasteiger partial charge in [-0.1, -0.05) is 18.6 Å². The van der Waals surface area contributed by atoms with Gasteiger partial charge >= 0.3 is 5.97 Å². The minimum atomic E-state index is -0.699. The van der Waals surface area contributed by atoms with E-state index < -0.39 is 5.97 Å². The van der Waals surface area contributed by atoms with Crippen LogP contribution in [-0.4, -0.2) is 17.7 Å². The lowest BCUT2D eigenvalue weighted by atomic mass is 9.71. The number of hydrogen-bond acceptors (Lipinski definition) is 2. The Balaban J connectivity index is 1.86. The van der Waals surface area contributed by atoms with E-state index in [-0.39, 0.29) is 12.3 Å². The lowest BCUT2D eigenvalue weighted by molar-refractivity contribution is -0.138. The van der Waals surface area contributed by atoms with Crippen molar-refractivity contribution in [2.24, 2.45) is 5.92 Å². The Morgan fingerprint density at radius 2 is 2.21 bits per heavy atom. The van der Waals surface area contributed by atoms with Gasteiger partial charge in [0.25, 0.3) is 0 Å². The maximum Gasteiger partial charge on any atom is 0.303 e. The summed E-state index contributed by atoms with van der Waals surface area (Å²) in [5.74, 6) is 0.966. The Labute approximate surface area is 113 Å². The van der Waals surface area contributed by atoms with Crippen LogP contribution < -0.4 is 4.74 Å². The summed E-state index contributed by atoms with van der Waals surface area (Å²) in [4.78, 5) is 11.1. The molecule has 1 saturated carbocycles. The number of aryl methyl sites for hydroxylation is 1. The van der Waals surface area contributed by atoms with Gasteiger partial charge in [-0.15, -0.1) is 0 Å². The SMILES string of the molecule is O=C(O)CC(c1ccc2c(c1)OCCC2)C1CCC1. The minimum absolute atomic E-state index is 0.155. The van der Waals surface area contributed by atoms with Gasteiger partial charge in [-0.05, 0) is 54.7 Å². The van der Waals surface area contributed by atoms with E-state index in [4.69, 9.17) is 9.84 Å². The highest BCUT2D eigenvalue weighted by atomic mass is 16.5. The standard InChI is InChI=1S/C16H20O3/c17-16(18)10-14(11-3-1-4-11)13-7-6-12-5-2-8-19-15(12)9-13/h6-7,9,11,14H,1-5,8,10H2,(H,17,18). The van der Waals surface area contributed by atoms with Gasteiger partial charge in [0.15, 0.2) is 0 Å². The molecule has 1 heterocycles. The monoisotopic (exact) mass is 260 g/mol. The average molecular weight is 260 g/mol. The zero-order valence-corrected chi connectivity index (χ0v) is 11.1. The highest BCUT2D eigenvalue weighted by Gasteiger charge is 2.30. The highest BCUT2D eigenvalue weighted by Crippen LogP contribution is 2.42. The van der Waals surface area contributed by atoms with E-state index in [9.17, 15) is 4.79 Å². The van der Waals surface area contributed by atoms with Crippen molar-refractivity contribution in [3.05, 3.63) is 29.3 Å². The third-order valence-electron chi connectivity index (χ3n) is 4.48. The molecular weight excluding hydrogens is 240 g/mol. The van der Waals surface area contributed by atoms with E-state index in [0.29, 0.717) is 5.92 Å². The molecule has 3 rings (SSSR count). The first-order chi connectivity index (χ1) is 9.24. The van der Waals surface area contributed by atoms with Crippen LogP contribution in [0.2, 0.25) is 0 Å². The topological polar surface area (TPSA) is 46.5 Å². The van der Waals surface area contributed by atoms with Crippen molar-refractivity contribution < 1.29 is 14.6 Å². The number of aliphatic carboxylic acids is 1. The molecular formula is C16H20O3. The third-order valence-corrected chi connectivity index (χ3v) is 4.48. The first kappa shape index (κ1) is 12.5. The molecule has 1 fully saturated rings. The van der Waals surface area contributed by atoms with Crippen LogP contribution in [0.3, 0.4) is 0 Å². The minimum Gasteiger partial charge on any atom is -0.493 e. The fourth-order valence-electron chi connectivity index (χ4n) is 3.17. The smallest absolute Gasteiger partial charge is 0.303 e. The summed E-state index contributed by atoms with van der Waals surface area (Å²) in [6.07, 6.45) is 5.95. The zero-order valence-electron chi connectivity index (χ0n) is 11.1. The Hall–Kier alpha value is -1.51. The Kier molecular flexibility index (Phi) is 3.45. The first-order valence-corrected chi connectivity index (χ1v) is 7.21. The number of carbonyl (C=O) groups is 1. The molecule has 1 aliphatic carbocycles. The van der Waals surface area contributed by atoms with Gasteiger partial charge in [-0.3, -0.25) is 4.79 Å². The molecule has 0 saturated heterocycles. The van der Waals surface area contributed by atoms with Gasteiger partial charge in [0.2, 0.25) is 0 Å². The fraction of sp³-hybridized carbons (Fsp3) is 0.562. The van der Waals surface area contributed by atoms with E-state index in [2.05, 4.69) is 18.2 Å². The molecule has 0 bridgehead atoms.